The number of ether oxygens (including phenoxy) is 2. The van der Waals surface area contributed by atoms with Gasteiger partial charge in [0.25, 0.3) is 0 Å². The van der Waals surface area contributed by atoms with E-state index >= 15 is 0 Å². The maximum Gasteiger partial charge on any atom is 0.240 e. The Labute approximate surface area is 184 Å². The largest absolute Gasteiger partial charge is 0.496 e. The molecule has 0 unspecified atom stereocenters. The van der Waals surface area contributed by atoms with Crippen LogP contribution in [0.25, 0.3) is 0 Å². The van der Waals surface area contributed by atoms with Crippen molar-refractivity contribution in [3.63, 3.8) is 0 Å². The number of anilines is 1. The summed E-state index contributed by atoms with van der Waals surface area (Å²) < 4.78 is 11.2. The Balaban J connectivity index is 1.31. The van der Waals surface area contributed by atoms with Gasteiger partial charge in [0, 0.05) is 11.3 Å². The lowest BCUT2D eigenvalue weighted by Crippen LogP contribution is -1.93. The van der Waals surface area contributed by atoms with Crippen LogP contribution < -0.4 is 14.9 Å². The molecule has 0 saturated heterocycles. The molecule has 1 aromatic heterocycles. The Morgan fingerprint density at radius 2 is 1.81 bits per heavy atom. The van der Waals surface area contributed by atoms with E-state index in [2.05, 4.69) is 25.7 Å². The van der Waals surface area contributed by atoms with E-state index in [1.54, 1.807) is 13.3 Å². The highest BCUT2D eigenvalue weighted by atomic mass is 32.2. The van der Waals surface area contributed by atoms with Gasteiger partial charge in [-0.2, -0.15) is 10.1 Å². The molecule has 4 aromatic rings. The Morgan fingerprint density at radius 1 is 1.00 bits per heavy atom. The number of benzene rings is 3. The zero-order chi connectivity index (χ0) is 21.3. The maximum atomic E-state index is 5.84. The van der Waals surface area contributed by atoms with Gasteiger partial charge in [-0.15, -0.1) is 5.10 Å². The highest BCUT2D eigenvalue weighted by Crippen LogP contribution is 2.26. The Bertz CT molecular complexity index is 1150. The van der Waals surface area contributed by atoms with Crippen LogP contribution in [0.15, 0.2) is 89.1 Å². The quantitative estimate of drug-likeness (QED) is 0.211. The topological polar surface area (TPSA) is 84.4 Å². The average molecular weight is 432 g/mol. The van der Waals surface area contributed by atoms with Crippen molar-refractivity contribution in [2.24, 2.45) is 5.10 Å². The van der Waals surface area contributed by atoms with E-state index in [4.69, 9.17) is 9.47 Å². The van der Waals surface area contributed by atoms with E-state index in [0.29, 0.717) is 16.9 Å². The summed E-state index contributed by atoms with van der Waals surface area (Å²) in [6, 6.07) is 25.2. The summed E-state index contributed by atoms with van der Waals surface area (Å²) >= 11 is 1.51. The molecule has 0 atom stereocenters. The van der Waals surface area contributed by atoms with Crippen molar-refractivity contribution in [2.75, 3.05) is 12.5 Å². The molecule has 4 rings (SSSR count). The first-order valence-corrected chi connectivity index (χ1v) is 10.6. The first-order chi connectivity index (χ1) is 15.3. The molecule has 0 spiro atoms. The van der Waals surface area contributed by atoms with Gasteiger partial charge in [-0.1, -0.05) is 60.3 Å². The first-order valence-electron chi connectivity index (χ1n) is 9.59. The predicted octanol–water partition coefficient (Wildman–Crippen LogP) is 5.34. The van der Waals surface area contributed by atoms with Gasteiger partial charge in [-0.25, -0.2) is 10.5 Å². The third-order valence-electron chi connectivity index (χ3n) is 4.24. The van der Waals surface area contributed by atoms with Crippen molar-refractivity contribution < 1.29 is 9.47 Å². The molecule has 7 nitrogen and oxygen atoms in total. The maximum absolute atomic E-state index is 5.84. The van der Waals surface area contributed by atoms with E-state index in [0.717, 1.165) is 28.4 Å². The van der Waals surface area contributed by atoms with Gasteiger partial charge in [0.2, 0.25) is 11.1 Å². The van der Waals surface area contributed by atoms with E-state index < -0.39 is 0 Å². The smallest absolute Gasteiger partial charge is 0.240 e. The number of thioether (sulfide) groups is 1. The molecule has 0 saturated carbocycles. The van der Waals surface area contributed by atoms with Crippen molar-refractivity contribution in [1.29, 1.82) is 0 Å². The van der Waals surface area contributed by atoms with Crippen LogP contribution in [-0.4, -0.2) is 28.5 Å². The standard InChI is InChI=1S/C23H21N5O2S/c1-29-21-13-6-5-9-18(21)16-31-23-25-22(27-28-23)26-24-15-17-8-7-12-20(14-17)30-19-10-3-2-4-11-19/h2-15H,16H2,1H3,(H2,25,26,27,28)/b24-15-. The van der Waals surface area contributed by atoms with E-state index in [1.165, 1.54) is 11.8 Å². The molecule has 0 radical (unpaired) electrons. The summed E-state index contributed by atoms with van der Waals surface area (Å²) in [4.78, 5) is 4.39. The molecule has 0 aliphatic heterocycles. The summed E-state index contributed by atoms with van der Waals surface area (Å²) in [6.45, 7) is 0. The first kappa shape index (κ1) is 20.5. The number of aromatic amines is 1. The Hall–Kier alpha value is -3.78. The fraction of sp³-hybridized carbons (Fsp3) is 0.0870. The molecular formula is C23H21N5O2S. The summed E-state index contributed by atoms with van der Waals surface area (Å²) in [7, 11) is 1.67. The lowest BCUT2D eigenvalue weighted by Gasteiger charge is -2.05. The zero-order valence-corrected chi connectivity index (χ0v) is 17.7. The van der Waals surface area contributed by atoms with Gasteiger partial charge < -0.3 is 9.47 Å². The third-order valence-corrected chi connectivity index (χ3v) is 5.13. The fourth-order valence-electron chi connectivity index (χ4n) is 2.78. The summed E-state index contributed by atoms with van der Waals surface area (Å²) in [6.07, 6.45) is 1.70. The fourth-order valence-corrected chi connectivity index (χ4v) is 3.57. The van der Waals surface area contributed by atoms with Crippen LogP contribution in [0.1, 0.15) is 11.1 Å². The molecule has 8 heteroatoms. The van der Waals surface area contributed by atoms with Gasteiger partial charge in [0.15, 0.2) is 0 Å². The van der Waals surface area contributed by atoms with Crippen LogP contribution in [-0.2, 0) is 5.75 Å². The number of rotatable bonds is 9. The van der Waals surface area contributed by atoms with Gasteiger partial charge in [-0.3, -0.25) is 0 Å². The molecule has 0 amide bonds. The van der Waals surface area contributed by atoms with Crippen molar-refractivity contribution in [3.05, 3.63) is 90.0 Å². The number of methoxy groups -OCH3 is 1. The van der Waals surface area contributed by atoms with Crippen molar-refractivity contribution >= 4 is 23.9 Å². The second kappa shape index (κ2) is 10.3. The molecule has 31 heavy (non-hydrogen) atoms. The molecule has 2 N–H and O–H groups in total. The number of para-hydroxylation sites is 2. The van der Waals surface area contributed by atoms with Gasteiger partial charge in [0.05, 0.1) is 13.3 Å². The highest BCUT2D eigenvalue weighted by molar-refractivity contribution is 7.98. The summed E-state index contributed by atoms with van der Waals surface area (Å²) in [5.74, 6) is 3.56. The number of hydrazone groups is 1. The van der Waals surface area contributed by atoms with Gasteiger partial charge in [-0.05, 0) is 35.9 Å². The minimum atomic E-state index is 0.468. The molecule has 0 aliphatic carbocycles. The monoisotopic (exact) mass is 431 g/mol. The minimum Gasteiger partial charge on any atom is -0.496 e. The third kappa shape index (κ3) is 5.86. The van der Waals surface area contributed by atoms with E-state index in [1.807, 2.05) is 78.9 Å². The molecule has 0 bridgehead atoms. The van der Waals surface area contributed by atoms with Crippen molar-refractivity contribution in [2.45, 2.75) is 10.9 Å². The SMILES string of the molecule is COc1ccccc1CSc1n[nH]c(N/N=C\c2cccc(Oc3ccccc3)c2)n1. The molecule has 0 fully saturated rings. The second-order valence-corrected chi connectivity index (χ2v) is 7.37. The van der Waals surface area contributed by atoms with Crippen LogP contribution in [0.2, 0.25) is 0 Å². The van der Waals surface area contributed by atoms with Gasteiger partial charge >= 0.3 is 0 Å². The number of H-pyrrole nitrogens is 1. The van der Waals surface area contributed by atoms with Crippen LogP contribution >= 0.6 is 11.8 Å². The highest BCUT2D eigenvalue weighted by Gasteiger charge is 2.07. The normalized spacial score (nSPS) is 10.9. The van der Waals surface area contributed by atoms with Crippen molar-refractivity contribution in [1.82, 2.24) is 15.2 Å². The van der Waals surface area contributed by atoms with Crippen LogP contribution in [0, 0.1) is 0 Å². The number of nitrogens with zero attached hydrogens (tertiary/aromatic N) is 3. The summed E-state index contributed by atoms with van der Waals surface area (Å²) in [5, 5.41) is 11.9. The average Bonchev–Trinajstić information content (AvgIpc) is 3.26. The second-order valence-electron chi connectivity index (χ2n) is 6.42. The molecule has 0 aliphatic rings. The lowest BCUT2D eigenvalue weighted by atomic mass is 10.2. The van der Waals surface area contributed by atoms with Gasteiger partial charge in [0.1, 0.15) is 17.2 Å². The Morgan fingerprint density at radius 3 is 2.68 bits per heavy atom. The number of hydrogen-bond donors (Lipinski definition) is 2. The van der Waals surface area contributed by atoms with E-state index in [-0.39, 0.29) is 0 Å². The molecule has 156 valence electrons. The number of aromatic nitrogens is 3. The molecular weight excluding hydrogens is 410 g/mol. The summed E-state index contributed by atoms with van der Waals surface area (Å²) in [5.41, 5.74) is 4.85. The van der Waals surface area contributed by atoms with E-state index in [9.17, 15) is 0 Å². The predicted molar refractivity (Wildman–Crippen MR) is 123 cm³/mol. The Kier molecular flexibility index (Phi) is 6.81. The van der Waals surface area contributed by atoms with Crippen molar-refractivity contribution in [3.8, 4) is 17.2 Å². The molecule has 3 aromatic carbocycles. The van der Waals surface area contributed by atoms with Crippen LogP contribution in [0.3, 0.4) is 0 Å². The molecule has 1 heterocycles. The number of nitrogens with one attached hydrogen (secondary N) is 2. The van der Waals surface area contributed by atoms with Crippen LogP contribution in [0.5, 0.6) is 17.2 Å². The zero-order valence-electron chi connectivity index (χ0n) is 16.9. The van der Waals surface area contributed by atoms with Crippen LogP contribution in [0.4, 0.5) is 5.95 Å². The number of hydrogen-bond acceptors (Lipinski definition) is 7. The lowest BCUT2D eigenvalue weighted by molar-refractivity contribution is 0.411. The minimum absolute atomic E-state index is 0.468.